The first-order valence-corrected chi connectivity index (χ1v) is 8.64. The Bertz CT molecular complexity index is 826. The monoisotopic (exact) mass is 391 g/mol. The van der Waals surface area contributed by atoms with Crippen molar-refractivity contribution in [3.63, 3.8) is 0 Å². The van der Waals surface area contributed by atoms with Gasteiger partial charge in [-0.1, -0.05) is 16.4 Å². The highest BCUT2D eigenvalue weighted by Crippen LogP contribution is 2.29. The van der Waals surface area contributed by atoms with E-state index in [2.05, 4.69) is 15.5 Å². The number of benzene rings is 1. The maximum Gasteiger partial charge on any atom is 0.341 e. The van der Waals surface area contributed by atoms with Crippen LogP contribution in [0.25, 0.3) is 0 Å². The lowest BCUT2D eigenvalue weighted by Crippen LogP contribution is -2.30. The highest BCUT2D eigenvalue weighted by molar-refractivity contribution is 5.97. The third-order valence-corrected chi connectivity index (χ3v) is 4.43. The zero-order valence-electron chi connectivity index (χ0n) is 15.0. The number of carbonyl (C=O) groups excluding carboxylic acids is 2. The molecule has 148 valence electrons. The predicted octanol–water partition coefficient (Wildman–Crippen LogP) is 3.89. The van der Waals surface area contributed by atoms with E-state index in [1.165, 1.54) is 13.0 Å². The number of nitroso groups, excluding NO2 is 3. The van der Waals surface area contributed by atoms with Crippen molar-refractivity contribution in [2.75, 3.05) is 0 Å². The van der Waals surface area contributed by atoms with Gasteiger partial charge in [-0.2, -0.15) is 4.91 Å². The fraction of sp³-hybridized carbons (Fsp3) is 0.444. The van der Waals surface area contributed by atoms with Crippen molar-refractivity contribution in [1.29, 1.82) is 0 Å². The molecule has 0 spiro atoms. The number of fused-ring (bicyclic) bond motifs is 1. The van der Waals surface area contributed by atoms with Crippen LogP contribution < -0.4 is 0 Å². The molecule has 1 aliphatic rings. The summed E-state index contributed by atoms with van der Waals surface area (Å²) in [5, 5.41) is 8.29. The Morgan fingerprint density at radius 1 is 1.14 bits per heavy atom. The normalized spacial score (nSPS) is 25.0. The Kier molecular flexibility index (Phi) is 7.30. The van der Waals surface area contributed by atoms with Crippen LogP contribution in [0.4, 0.5) is 10.1 Å². The summed E-state index contributed by atoms with van der Waals surface area (Å²) in [4.78, 5) is 57.8. The molecule has 0 bridgehead atoms. The van der Waals surface area contributed by atoms with Crippen LogP contribution in [-0.4, -0.2) is 29.9 Å². The molecule has 0 amide bonds. The Hall–Kier alpha value is -3.17. The van der Waals surface area contributed by atoms with E-state index in [0.29, 0.717) is 0 Å². The average Bonchev–Trinajstić information content (AvgIpc) is 2.67. The maximum absolute atomic E-state index is 14.3. The lowest BCUT2D eigenvalue weighted by Gasteiger charge is -2.17. The summed E-state index contributed by atoms with van der Waals surface area (Å²) in [6.45, 7) is 1.54. The number of cyclic esters (lactones) is 1. The van der Waals surface area contributed by atoms with Gasteiger partial charge in [-0.25, -0.2) is 9.18 Å². The number of carbonyl (C=O) groups is 2. The standard InChI is InChI=1S/C18H18FN3O6/c1-10-4-2-7-15(23)17(22-27)14(21-26)6-3-5-11-12(19)8-9-13(20-25)16(11)18(24)28-10/h2,7-10,14,17H,3-6H2,1H3/b7-2-. The topological polar surface area (TPSA) is 132 Å². The molecule has 0 radical (unpaired) electrons. The fourth-order valence-corrected chi connectivity index (χ4v) is 2.99. The van der Waals surface area contributed by atoms with Crippen LogP contribution in [0.3, 0.4) is 0 Å². The first-order chi connectivity index (χ1) is 13.4. The largest absolute Gasteiger partial charge is 0.459 e. The molecule has 0 fully saturated rings. The number of ether oxygens (including phenoxy) is 1. The minimum Gasteiger partial charge on any atom is -0.459 e. The molecule has 3 atom stereocenters. The summed E-state index contributed by atoms with van der Waals surface area (Å²) in [7, 11) is 0. The quantitative estimate of drug-likeness (QED) is 0.567. The van der Waals surface area contributed by atoms with Crippen molar-refractivity contribution in [2.24, 2.45) is 15.5 Å². The minimum atomic E-state index is -1.48. The highest BCUT2D eigenvalue weighted by atomic mass is 19.1. The summed E-state index contributed by atoms with van der Waals surface area (Å²) < 4.78 is 19.6. The van der Waals surface area contributed by atoms with Crippen LogP contribution in [0.15, 0.2) is 39.8 Å². The summed E-state index contributed by atoms with van der Waals surface area (Å²) >= 11 is 0. The molecule has 2 rings (SSSR count). The van der Waals surface area contributed by atoms with Gasteiger partial charge in [0, 0.05) is 12.0 Å². The second kappa shape index (κ2) is 9.67. The van der Waals surface area contributed by atoms with E-state index in [1.54, 1.807) is 0 Å². The van der Waals surface area contributed by atoms with Crippen molar-refractivity contribution in [3.8, 4) is 0 Å². The molecule has 10 heteroatoms. The van der Waals surface area contributed by atoms with Crippen LogP contribution >= 0.6 is 0 Å². The molecule has 1 aromatic rings. The van der Waals surface area contributed by atoms with Gasteiger partial charge in [0.2, 0.25) is 0 Å². The number of nitrogens with zero attached hydrogens (tertiary/aromatic N) is 3. The number of ketones is 1. The van der Waals surface area contributed by atoms with Crippen molar-refractivity contribution < 1.29 is 18.7 Å². The summed E-state index contributed by atoms with van der Waals surface area (Å²) in [6.07, 6.45) is 1.87. The first kappa shape index (κ1) is 21.1. The van der Waals surface area contributed by atoms with E-state index in [9.17, 15) is 28.7 Å². The molecule has 0 aliphatic carbocycles. The van der Waals surface area contributed by atoms with Gasteiger partial charge in [0.05, 0.1) is 5.56 Å². The predicted molar refractivity (Wildman–Crippen MR) is 97.6 cm³/mol. The molecular formula is C18H18FN3O6. The van der Waals surface area contributed by atoms with E-state index in [4.69, 9.17) is 4.74 Å². The zero-order valence-corrected chi connectivity index (χ0v) is 15.0. The van der Waals surface area contributed by atoms with Crippen LogP contribution in [-0.2, 0) is 16.0 Å². The minimum absolute atomic E-state index is 0.0391. The highest BCUT2D eigenvalue weighted by Gasteiger charge is 2.30. The van der Waals surface area contributed by atoms with Crippen molar-refractivity contribution >= 4 is 17.4 Å². The number of esters is 1. The molecule has 9 nitrogen and oxygen atoms in total. The van der Waals surface area contributed by atoms with E-state index in [-0.39, 0.29) is 42.5 Å². The lowest BCUT2D eigenvalue weighted by molar-refractivity contribution is -0.116. The van der Waals surface area contributed by atoms with Gasteiger partial charge >= 0.3 is 5.97 Å². The maximum atomic E-state index is 14.3. The molecule has 1 aliphatic heterocycles. The molecular weight excluding hydrogens is 373 g/mol. The van der Waals surface area contributed by atoms with E-state index < -0.39 is 35.8 Å². The average molecular weight is 391 g/mol. The molecule has 28 heavy (non-hydrogen) atoms. The van der Waals surface area contributed by atoms with Gasteiger partial charge in [-0.3, -0.25) is 4.79 Å². The van der Waals surface area contributed by atoms with E-state index in [0.717, 1.165) is 18.2 Å². The van der Waals surface area contributed by atoms with E-state index in [1.807, 2.05) is 0 Å². The second-order valence-corrected chi connectivity index (χ2v) is 6.38. The van der Waals surface area contributed by atoms with Gasteiger partial charge in [-0.05, 0) is 49.6 Å². The van der Waals surface area contributed by atoms with E-state index >= 15 is 0 Å². The summed E-state index contributed by atoms with van der Waals surface area (Å²) in [5.41, 5.74) is -0.628. The molecule has 0 aromatic heterocycles. The number of halogens is 1. The Balaban J connectivity index is 2.46. The second-order valence-electron chi connectivity index (χ2n) is 6.38. The van der Waals surface area contributed by atoms with Crippen LogP contribution in [0.2, 0.25) is 0 Å². The van der Waals surface area contributed by atoms with Crippen molar-refractivity contribution in [1.82, 2.24) is 0 Å². The number of hydrogen-bond donors (Lipinski definition) is 0. The molecule has 1 aromatic carbocycles. The van der Waals surface area contributed by atoms with Crippen LogP contribution in [0.5, 0.6) is 0 Å². The summed E-state index contributed by atoms with van der Waals surface area (Å²) in [6, 6.07) is -0.619. The molecule has 0 saturated heterocycles. The van der Waals surface area contributed by atoms with Crippen LogP contribution in [0, 0.1) is 20.5 Å². The van der Waals surface area contributed by atoms with Crippen molar-refractivity contribution in [3.05, 3.63) is 56.0 Å². The number of hydrogen-bond acceptors (Lipinski definition) is 9. The lowest BCUT2D eigenvalue weighted by atomic mass is 9.94. The third-order valence-electron chi connectivity index (χ3n) is 4.43. The Morgan fingerprint density at radius 3 is 2.54 bits per heavy atom. The SMILES string of the molecule is CC1C/C=C\C(=O)C(N=O)C(N=O)CCCc2c(F)ccc(N=O)c2C(=O)O1. The molecule has 1 heterocycles. The Morgan fingerprint density at radius 2 is 1.89 bits per heavy atom. The van der Waals surface area contributed by atoms with Crippen LogP contribution in [0.1, 0.15) is 42.1 Å². The summed E-state index contributed by atoms with van der Waals surface area (Å²) in [5.74, 6) is -2.34. The molecule has 3 unspecified atom stereocenters. The number of rotatable bonds is 3. The first-order valence-electron chi connectivity index (χ1n) is 8.64. The third kappa shape index (κ3) is 4.76. The van der Waals surface area contributed by atoms with Gasteiger partial charge in [0.25, 0.3) is 0 Å². The molecule has 0 N–H and O–H groups in total. The molecule has 0 saturated carbocycles. The van der Waals surface area contributed by atoms with Gasteiger partial charge < -0.3 is 4.74 Å². The van der Waals surface area contributed by atoms with Gasteiger partial charge in [-0.15, -0.1) is 9.81 Å². The van der Waals surface area contributed by atoms with Gasteiger partial charge in [0.1, 0.15) is 23.7 Å². The van der Waals surface area contributed by atoms with Gasteiger partial charge in [0.15, 0.2) is 11.8 Å². The smallest absolute Gasteiger partial charge is 0.341 e. The zero-order chi connectivity index (χ0) is 20.7. The fourth-order valence-electron chi connectivity index (χ4n) is 2.99. The van der Waals surface area contributed by atoms with Crippen molar-refractivity contribution in [2.45, 2.75) is 50.8 Å². The Labute approximate surface area is 159 Å².